The van der Waals surface area contributed by atoms with Crippen LogP contribution >= 0.6 is 0 Å². The molecule has 0 atom stereocenters. The Balaban J connectivity index is 2.22. The molecule has 1 aliphatic rings. The molecule has 0 saturated carbocycles. The van der Waals surface area contributed by atoms with Crippen LogP contribution in [-0.2, 0) is 0 Å². The Morgan fingerprint density at radius 3 is 3.20 bits per heavy atom. The molecule has 0 aromatic carbocycles. The molecule has 0 bridgehead atoms. The fraction of sp³-hybridized carbons (Fsp3) is 0.182. The Hall–Kier alpha value is -1.68. The van der Waals surface area contributed by atoms with Gasteiger partial charge in [0.2, 0.25) is 0 Å². The lowest BCUT2D eigenvalue weighted by atomic mass is 10.1. The number of quaternary nitrogens is 1. The van der Waals surface area contributed by atoms with Crippen molar-refractivity contribution in [1.29, 1.82) is 0 Å². The number of nitrogens with two attached hydrogens (primary N) is 1. The fourth-order valence-electron chi connectivity index (χ4n) is 2.01. The number of rotatable bonds is 1. The molecule has 4 heteroatoms. The molecule has 15 heavy (non-hydrogen) atoms. The van der Waals surface area contributed by atoms with Crippen LogP contribution in [0.5, 0.6) is 0 Å². The SMILES string of the molecule is Fc1cnc2[nH]cc(C3=CC[NH2+]C3)c2c1. The van der Waals surface area contributed by atoms with E-state index in [1.807, 2.05) is 6.20 Å². The van der Waals surface area contributed by atoms with E-state index in [1.54, 1.807) is 0 Å². The summed E-state index contributed by atoms with van der Waals surface area (Å²) >= 11 is 0. The molecule has 0 spiro atoms. The second-order valence-corrected chi connectivity index (χ2v) is 3.71. The largest absolute Gasteiger partial charge is 0.346 e. The van der Waals surface area contributed by atoms with Crippen LogP contribution in [0.25, 0.3) is 16.6 Å². The van der Waals surface area contributed by atoms with E-state index >= 15 is 0 Å². The number of aromatic amines is 1. The molecule has 3 rings (SSSR count). The maximum atomic E-state index is 13.1. The molecule has 2 aromatic rings. The van der Waals surface area contributed by atoms with Crippen molar-refractivity contribution in [3.05, 3.63) is 35.9 Å². The van der Waals surface area contributed by atoms with Crippen molar-refractivity contribution in [1.82, 2.24) is 9.97 Å². The van der Waals surface area contributed by atoms with Gasteiger partial charge in [-0.1, -0.05) is 0 Å². The molecule has 0 radical (unpaired) electrons. The van der Waals surface area contributed by atoms with Gasteiger partial charge >= 0.3 is 0 Å². The standard InChI is InChI=1S/C11H10FN3/c12-8-3-9-10(7-1-2-13-4-7)6-15-11(9)14-5-8/h1,3,5-6,13H,2,4H2,(H,14,15)/p+1. The highest BCUT2D eigenvalue weighted by Crippen LogP contribution is 2.24. The van der Waals surface area contributed by atoms with Gasteiger partial charge in [-0.25, -0.2) is 9.37 Å². The summed E-state index contributed by atoms with van der Waals surface area (Å²) in [4.78, 5) is 7.06. The van der Waals surface area contributed by atoms with Gasteiger partial charge in [-0.2, -0.15) is 0 Å². The van der Waals surface area contributed by atoms with Crippen molar-refractivity contribution in [2.75, 3.05) is 13.1 Å². The molecule has 3 heterocycles. The Morgan fingerprint density at radius 1 is 1.47 bits per heavy atom. The van der Waals surface area contributed by atoms with Crippen LogP contribution in [-0.4, -0.2) is 23.1 Å². The number of hydrogen-bond acceptors (Lipinski definition) is 1. The van der Waals surface area contributed by atoms with Gasteiger partial charge in [-0.3, -0.25) is 0 Å². The minimum atomic E-state index is -0.286. The van der Waals surface area contributed by atoms with E-state index in [9.17, 15) is 4.39 Å². The van der Waals surface area contributed by atoms with Gasteiger partial charge in [0.05, 0.1) is 12.7 Å². The van der Waals surface area contributed by atoms with Crippen molar-refractivity contribution < 1.29 is 9.71 Å². The zero-order chi connectivity index (χ0) is 10.3. The molecule has 2 aromatic heterocycles. The number of nitrogens with one attached hydrogen (secondary N) is 1. The summed E-state index contributed by atoms with van der Waals surface area (Å²) in [7, 11) is 0. The molecule has 0 fully saturated rings. The number of halogens is 1. The van der Waals surface area contributed by atoms with Crippen LogP contribution in [0.3, 0.4) is 0 Å². The van der Waals surface area contributed by atoms with Crippen LogP contribution in [0.4, 0.5) is 4.39 Å². The van der Waals surface area contributed by atoms with Crippen molar-refractivity contribution in [3.63, 3.8) is 0 Å². The fourth-order valence-corrected chi connectivity index (χ4v) is 2.01. The summed E-state index contributed by atoms with van der Waals surface area (Å²) in [5, 5.41) is 3.08. The molecule has 0 aliphatic carbocycles. The summed E-state index contributed by atoms with van der Waals surface area (Å²) in [6, 6.07) is 1.54. The molecule has 3 nitrogen and oxygen atoms in total. The van der Waals surface area contributed by atoms with Gasteiger partial charge in [0.25, 0.3) is 0 Å². The Morgan fingerprint density at radius 2 is 2.40 bits per heavy atom. The lowest BCUT2D eigenvalue weighted by Crippen LogP contribution is -2.81. The van der Waals surface area contributed by atoms with E-state index < -0.39 is 0 Å². The monoisotopic (exact) mass is 204 g/mol. The number of aromatic nitrogens is 2. The topological polar surface area (TPSA) is 45.3 Å². The Kier molecular flexibility index (Phi) is 1.82. The Bertz CT molecular complexity index is 542. The molecule has 0 unspecified atom stereocenters. The maximum Gasteiger partial charge on any atom is 0.142 e. The summed E-state index contributed by atoms with van der Waals surface area (Å²) < 4.78 is 13.1. The van der Waals surface area contributed by atoms with Crippen molar-refractivity contribution in [2.45, 2.75) is 0 Å². The molecular formula is C11H11FN3+. The van der Waals surface area contributed by atoms with Gasteiger partial charge in [-0.15, -0.1) is 0 Å². The minimum Gasteiger partial charge on any atom is -0.346 e. The van der Waals surface area contributed by atoms with E-state index in [4.69, 9.17) is 0 Å². The normalized spacial score (nSPS) is 15.9. The number of pyridine rings is 1. The van der Waals surface area contributed by atoms with Crippen molar-refractivity contribution in [2.24, 2.45) is 0 Å². The van der Waals surface area contributed by atoms with Gasteiger partial charge in [0.1, 0.15) is 18.0 Å². The zero-order valence-electron chi connectivity index (χ0n) is 8.13. The highest BCUT2D eigenvalue weighted by Gasteiger charge is 2.14. The lowest BCUT2D eigenvalue weighted by molar-refractivity contribution is -0.628. The molecule has 1 aliphatic heterocycles. The zero-order valence-corrected chi connectivity index (χ0v) is 8.13. The summed E-state index contributed by atoms with van der Waals surface area (Å²) in [6.45, 7) is 1.97. The summed E-state index contributed by atoms with van der Waals surface area (Å²) in [5.41, 5.74) is 3.08. The van der Waals surface area contributed by atoms with E-state index in [-0.39, 0.29) is 5.82 Å². The molecular weight excluding hydrogens is 193 g/mol. The Labute approximate surface area is 86.0 Å². The highest BCUT2D eigenvalue weighted by molar-refractivity contribution is 5.90. The van der Waals surface area contributed by atoms with Gasteiger partial charge in [0, 0.05) is 22.7 Å². The average Bonchev–Trinajstić information content (AvgIpc) is 2.83. The highest BCUT2D eigenvalue weighted by atomic mass is 19.1. The van der Waals surface area contributed by atoms with Gasteiger partial charge in [-0.05, 0) is 12.1 Å². The molecule has 0 saturated heterocycles. The number of hydrogen-bond donors (Lipinski definition) is 2. The quantitative estimate of drug-likeness (QED) is 0.704. The van der Waals surface area contributed by atoms with Crippen molar-refractivity contribution in [3.8, 4) is 0 Å². The first-order valence-electron chi connectivity index (χ1n) is 4.98. The van der Waals surface area contributed by atoms with E-state index in [0.717, 1.165) is 29.7 Å². The van der Waals surface area contributed by atoms with Crippen LogP contribution < -0.4 is 5.32 Å². The first kappa shape index (κ1) is 8.61. The molecule has 76 valence electrons. The minimum absolute atomic E-state index is 0.286. The maximum absolute atomic E-state index is 13.1. The van der Waals surface area contributed by atoms with E-state index in [2.05, 4.69) is 21.4 Å². The molecule has 0 amide bonds. The predicted molar refractivity (Wildman–Crippen MR) is 55.7 cm³/mol. The van der Waals surface area contributed by atoms with Crippen molar-refractivity contribution >= 4 is 16.6 Å². The average molecular weight is 204 g/mol. The first-order valence-corrected chi connectivity index (χ1v) is 4.98. The van der Waals surface area contributed by atoms with Gasteiger partial charge in [0.15, 0.2) is 0 Å². The third kappa shape index (κ3) is 1.34. The summed E-state index contributed by atoms with van der Waals surface area (Å²) in [5.74, 6) is -0.286. The van der Waals surface area contributed by atoms with Gasteiger partial charge < -0.3 is 10.3 Å². The third-order valence-electron chi connectivity index (χ3n) is 2.74. The van der Waals surface area contributed by atoms with E-state index in [1.165, 1.54) is 17.8 Å². The van der Waals surface area contributed by atoms with Crippen LogP contribution in [0, 0.1) is 5.82 Å². The van der Waals surface area contributed by atoms with Crippen LogP contribution in [0.2, 0.25) is 0 Å². The lowest BCUT2D eigenvalue weighted by Gasteiger charge is -1.96. The second kappa shape index (κ2) is 3.17. The third-order valence-corrected chi connectivity index (χ3v) is 2.74. The van der Waals surface area contributed by atoms with Crippen LogP contribution in [0.1, 0.15) is 5.56 Å². The predicted octanol–water partition coefficient (Wildman–Crippen LogP) is 0.662. The van der Waals surface area contributed by atoms with Crippen LogP contribution in [0.15, 0.2) is 24.5 Å². The second-order valence-electron chi connectivity index (χ2n) is 3.71. The first-order chi connectivity index (χ1) is 7.34. The number of nitrogens with zero attached hydrogens (tertiary/aromatic N) is 1. The summed E-state index contributed by atoms with van der Waals surface area (Å²) in [6.07, 6.45) is 5.31. The number of fused-ring (bicyclic) bond motifs is 1. The molecule has 3 N–H and O–H groups in total. The van der Waals surface area contributed by atoms with E-state index in [0.29, 0.717) is 0 Å². The number of H-pyrrole nitrogens is 1. The smallest absolute Gasteiger partial charge is 0.142 e.